The Labute approximate surface area is 156 Å². The van der Waals surface area contributed by atoms with Gasteiger partial charge in [-0.3, -0.25) is 0 Å². The van der Waals surface area contributed by atoms with E-state index in [-0.39, 0.29) is 12.1 Å². The lowest BCUT2D eigenvalue weighted by atomic mass is 9.99. The molecular weight excluding hydrogens is 381 g/mol. The number of hydroxylamine groups is 2. The molecule has 0 aliphatic rings. The summed E-state index contributed by atoms with van der Waals surface area (Å²) < 4.78 is 74.7. The standard InChI is InChI=1S/C19H22F5NOSi/c1-27(2,3)26-25(14-15-10-6-4-7-11-15)17(16-12-8-5-9-13-16)18(20,21)19(22,23)24/h4-13,17H,14H2,1-3H3. The molecule has 1 atom stereocenters. The van der Waals surface area contributed by atoms with Gasteiger partial charge in [0.15, 0.2) is 0 Å². The molecule has 0 bridgehead atoms. The monoisotopic (exact) mass is 403 g/mol. The van der Waals surface area contributed by atoms with Gasteiger partial charge in [-0.15, -0.1) is 0 Å². The minimum Gasteiger partial charge on any atom is -0.342 e. The molecule has 0 saturated heterocycles. The lowest BCUT2D eigenvalue weighted by molar-refractivity contribution is -0.327. The van der Waals surface area contributed by atoms with Crippen LogP contribution in [0.4, 0.5) is 22.0 Å². The van der Waals surface area contributed by atoms with Crippen LogP contribution in [0.3, 0.4) is 0 Å². The number of hydrogen-bond acceptors (Lipinski definition) is 2. The van der Waals surface area contributed by atoms with Crippen LogP contribution in [0.1, 0.15) is 17.2 Å². The maximum atomic E-state index is 14.6. The summed E-state index contributed by atoms with van der Waals surface area (Å²) >= 11 is 0. The summed E-state index contributed by atoms with van der Waals surface area (Å²) in [6.45, 7) is 5.01. The molecule has 0 heterocycles. The van der Waals surface area contributed by atoms with Crippen LogP contribution in [-0.2, 0) is 11.1 Å². The minimum absolute atomic E-state index is 0.158. The zero-order valence-corrected chi connectivity index (χ0v) is 16.3. The molecule has 0 amide bonds. The first-order valence-electron chi connectivity index (χ1n) is 8.41. The first kappa shape index (κ1) is 21.5. The number of alkyl halides is 5. The first-order valence-corrected chi connectivity index (χ1v) is 11.8. The van der Waals surface area contributed by atoms with Crippen LogP contribution >= 0.6 is 0 Å². The van der Waals surface area contributed by atoms with Crippen molar-refractivity contribution in [2.45, 2.75) is 44.3 Å². The summed E-state index contributed by atoms with van der Waals surface area (Å²) in [5, 5.41) is 0.796. The Bertz CT molecular complexity index is 716. The van der Waals surface area contributed by atoms with Crippen LogP contribution in [0.2, 0.25) is 19.6 Å². The van der Waals surface area contributed by atoms with Gasteiger partial charge < -0.3 is 4.53 Å². The van der Waals surface area contributed by atoms with Gasteiger partial charge in [0.05, 0.1) is 0 Å². The summed E-state index contributed by atoms with van der Waals surface area (Å²) in [4.78, 5) is 0. The van der Waals surface area contributed by atoms with Crippen molar-refractivity contribution in [1.82, 2.24) is 5.06 Å². The highest BCUT2D eigenvalue weighted by molar-refractivity contribution is 6.69. The fraction of sp³-hybridized carbons (Fsp3) is 0.368. The largest absolute Gasteiger partial charge is 0.455 e. The highest BCUT2D eigenvalue weighted by Crippen LogP contribution is 2.48. The van der Waals surface area contributed by atoms with E-state index in [1.165, 1.54) is 24.3 Å². The number of hydrogen-bond donors (Lipinski definition) is 0. The highest BCUT2D eigenvalue weighted by atomic mass is 28.4. The Morgan fingerprint density at radius 3 is 1.78 bits per heavy atom. The average Bonchev–Trinajstić information content (AvgIpc) is 2.54. The van der Waals surface area contributed by atoms with Crippen LogP contribution in [0.15, 0.2) is 60.7 Å². The summed E-state index contributed by atoms with van der Waals surface area (Å²) in [6.07, 6.45) is -5.72. The molecule has 27 heavy (non-hydrogen) atoms. The van der Waals surface area contributed by atoms with Crippen molar-refractivity contribution < 1.29 is 26.5 Å². The van der Waals surface area contributed by atoms with E-state index in [0.29, 0.717) is 5.56 Å². The fourth-order valence-corrected chi connectivity index (χ4v) is 3.51. The maximum absolute atomic E-state index is 14.6. The number of benzene rings is 2. The van der Waals surface area contributed by atoms with Crippen LogP contribution < -0.4 is 0 Å². The number of rotatable bonds is 7. The molecule has 0 fully saturated rings. The predicted octanol–water partition coefficient (Wildman–Crippen LogP) is 6.19. The second-order valence-corrected chi connectivity index (χ2v) is 11.6. The van der Waals surface area contributed by atoms with Gasteiger partial charge in [0, 0.05) is 6.54 Å². The van der Waals surface area contributed by atoms with Gasteiger partial charge in [-0.25, -0.2) is 0 Å². The van der Waals surface area contributed by atoms with E-state index in [2.05, 4.69) is 0 Å². The number of halogens is 5. The Kier molecular flexibility index (Phi) is 6.44. The molecule has 0 radical (unpaired) electrons. The quantitative estimate of drug-likeness (QED) is 0.310. The maximum Gasteiger partial charge on any atom is 0.455 e. The molecule has 2 rings (SSSR count). The summed E-state index contributed by atoms with van der Waals surface area (Å²) in [7, 11) is -2.48. The van der Waals surface area contributed by atoms with E-state index in [9.17, 15) is 22.0 Å². The van der Waals surface area contributed by atoms with Gasteiger partial charge in [0.2, 0.25) is 8.32 Å². The van der Waals surface area contributed by atoms with Crippen LogP contribution in [0, 0.1) is 0 Å². The number of nitrogens with zero attached hydrogens (tertiary/aromatic N) is 1. The predicted molar refractivity (Wildman–Crippen MR) is 96.6 cm³/mol. The summed E-state index contributed by atoms with van der Waals surface area (Å²) in [5.41, 5.74) is 0.420. The third-order valence-corrected chi connectivity index (χ3v) is 4.48. The normalized spacial score (nSPS) is 14.4. The Morgan fingerprint density at radius 2 is 1.33 bits per heavy atom. The van der Waals surface area contributed by atoms with E-state index >= 15 is 0 Å². The zero-order chi connectivity index (χ0) is 20.3. The van der Waals surface area contributed by atoms with Crippen LogP contribution in [0.5, 0.6) is 0 Å². The smallest absolute Gasteiger partial charge is 0.342 e. The van der Waals surface area contributed by atoms with Crippen molar-refractivity contribution in [3.63, 3.8) is 0 Å². The molecule has 0 aliphatic carbocycles. The molecule has 2 aromatic rings. The molecule has 0 N–H and O–H groups in total. The van der Waals surface area contributed by atoms with Crippen molar-refractivity contribution in [1.29, 1.82) is 0 Å². The van der Waals surface area contributed by atoms with E-state index in [1.54, 1.807) is 56.0 Å². The second-order valence-electron chi connectivity index (χ2n) is 7.20. The topological polar surface area (TPSA) is 12.5 Å². The van der Waals surface area contributed by atoms with Crippen LogP contribution in [0.25, 0.3) is 0 Å². The van der Waals surface area contributed by atoms with Gasteiger partial charge in [-0.1, -0.05) is 60.7 Å². The molecule has 8 heteroatoms. The molecular formula is C19H22F5NOSi. The Balaban J connectivity index is 2.55. The van der Waals surface area contributed by atoms with E-state index in [1.807, 2.05) is 0 Å². The summed E-state index contributed by atoms with van der Waals surface area (Å²) in [5.74, 6) is -5.00. The molecule has 0 aromatic heterocycles. The molecule has 1 unspecified atom stereocenters. The lowest BCUT2D eigenvalue weighted by Crippen LogP contribution is -2.51. The molecule has 148 valence electrons. The van der Waals surface area contributed by atoms with E-state index < -0.39 is 26.5 Å². The van der Waals surface area contributed by atoms with Crippen molar-refractivity contribution in [2.75, 3.05) is 0 Å². The first-order chi connectivity index (χ1) is 12.4. The van der Waals surface area contributed by atoms with Gasteiger partial charge >= 0.3 is 12.1 Å². The third-order valence-electron chi connectivity index (χ3n) is 3.70. The minimum atomic E-state index is -5.72. The average molecular weight is 403 g/mol. The summed E-state index contributed by atoms with van der Waals surface area (Å²) in [6, 6.07) is 13.1. The van der Waals surface area contributed by atoms with Crippen molar-refractivity contribution >= 4 is 8.32 Å². The van der Waals surface area contributed by atoms with Gasteiger partial charge in [-0.2, -0.15) is 27.0 Å². The van der Waals surface area contributed by atoms with Gasteiger partial charge in [0.25, 0.3) is 0 Å². The van der Waals surface area contributed by atoms with Crippen molar-refractivity contribution in [3.05, 3.63) is 71.8 Å². The van der Waals surface area contributed by atoms with Crippen molar-refractivity contribution in [2.24, 2.45) is 0 Å². The second kappa shape index (κ2) is 8.08. The van der Waals surface area contributed by atoms with Gasteiger partial charge in [0.1, 0.15) is 6.04 Å². The van der Waals surface area contributed by atoms with Crippen LogP contribution in [-0.4, -0.2) is 25.5 Å². The zero-order valence-electron chi connectivity index (χ0n) is 15.3. The molecule has 0 aliphatic heterocycles. The highest BCUT2D eigenvalue weighted by Gasteiger charge is 2.64. The fourth-order valence-electron chi connectivity index (χ4n) is 2.64. The molecule has 0 saturated carbocycles. The molecule has 2 nitrogen and oxygen atoms in total. The molecule has 0 spiro atoms. The van der Waals surface area contributed by atoms with E-state index in [4.69, 9.17) is 4.53 Å². The SMILES string of the molecule is C[Si](C)(C)ON(Cc1ccccc1)C(c1ccccc1)C(F)(F)C(F)(F)F. The Morgan fingerprint density at radius 1 is 0.852 bits per heavy atom. The Hall–Kier alpha value is -1.77. The van der Waals surface area contributed by atoms with Crippen molar-refractivity contribution in [3.8, 4) is 0 Å². The molecule has 2 aromatic carbocycles. The van der Waals surface area contributed by atoms with E-state index in [0.717, 1.165) is 5.06 Å². The van der Waals surface area contributed by atoms with Gasteiger partial charge in [-0.05, 0) is 30.8 Å². The lowest BCUT2D eigenvalue weighted by Gasteiger charge is -2.40. The third kappa shape index (κ3) is 5.60.